The predicted octanol–water partition coefficient (Wildman–Crippen LogP) is 1.70. The Hall–Kier alpha value is -0.610. The lowest BCUT2D eigenvalue weighted by Gasteiger charge is -2.30. The van der Waals surface area contributed by atoms with E-state index >= 15 is 0 Å². The number of carbonyl (C=O) groups excluding carboxylic acids is 1. The summed E-state index contributed by atoms with van der Waals surface area (Å²) in [6.07, 6.45) is 5.36. The lowest BCUT2D eigenvalue weighted by atomic mass is 9.90. The van der Waals surface area contributed by atoms with Crippen LogP contribution in [0.2, 0.25) is 0 Å². The molecule has 0 spiro atoms. The van der Waals surface area contributed by atoms with Gasteiger partial charge in [0.2, 0.25) is 5.91 Å². The van der Waals surface area contributed by atoms with Gasteiger partial charge in [0.15, 0.2) is 0 Å². The quantitative estimate of drug-likeness (QED) is 0.729. The summed E-state index contributed by atoms with van der Waals surface area (Å²) in [4.78, 5) is 12.2. The first kappa shape index (κ1) is 15.4. The standard InChI is InChI=1S/C14H28N2O2/c1-4-6-12(10-18-3)16-14(17)13-9-11(5-2)7-8-15-13/h11-13,15H,4-10H2,1-3H3,(H,16,17). The molecular formula is C14H28N2O2. The molecule has 0 bridgehead atoms. The first-order valence-corrected chi connectivity index (χ1v) is 7.23. The third-order valence-corrected chi connectivity index (χ3v) is 3.76. The highest BCUT2D eigenvalue weighted by molar-refractivity contribution is 5.82. The van der Waals surface area contributed by atoms with E-state index in [9.17, 15) is 4.79 Å². The molecule has 3 atom stereocenters. The molecule has 0 radical (unpaired) electrons. The average Bonchev–Trinajstić information content (AvgIpc) is 2.39. The van der Waals surface area contributed by atoms with E-state index in [4.69, 9.17) is 4.74 Å². The number of methoxy groups -OCH3 is 1. The first-order chi connectivity index (χ1) is 8.71. The minimum absolute atomic E-state index is 0.0140. The molecule has 1 heterocycles. The Bertz CT molecular complexity index is 240. The first-order valence-electron chi connectivity index (χ1n) is 7.23. The number of nitrogens with one attached hydrogen (secondary N) is 2. The fourth-order valence-electron chi connectivity index (χ4n) is 2.62. The lowest BCUT2D eigenvalue weighted by molar-refractivity contribution is -0.125. The van der Waals surface area contributed by atoms with Gasteiger partial charge in [-0.05, 0) is 31.7 Å². The molecule has 4 heteroatoms. The van der Waals surface area contributed by atoms with E-state index in [-0.39, 0.29) is 18.0 Å². The van der Waals surface area contributed by atoms with Crippen LogP contribution in [-0.2, 0) is 9.53 Å². The summed E-state index contributed by atoms with van der Waals surface area (Å²) in [5.41, 5.74) is 0. The summed E-state index contributed by atoms with van der Waals surface area (Å²) >= 11 is 0. The maximum absolute atomic E-state index is 12.2. The Labute approximate surface area is 111 Å². The highest BCUT2D eigenvalue weighted by Gasteiger charge is 2.26. The largest absolute Gasteiger partial charge is 0.383 e. The van der Waals surface area contributed by atoms with Gasteiger partial charge in [0.25, 0.3) is 0 Å². The summed E-state index contributed by atoms with van der Waals surface area (Å²) in [5, 5.41) is 6.43. The van der Waals surface area contributed by atoms with Gasteiger partial charge in [-0.2, -0.15) is 0 Å². The molecule has 0 aromatic rings. The van der Waals surface area contributed by atoms with Gasteiger partial charge in [0, 0.05) is 7.11 Å². The maximum Gasteiger partial charge on any atom is 0.237 e. The topological polar surface area (TPSA) is 50.4 Å². The molecule has 1 rings (SSSR count). The smallest absolute Gasteiger partial charge is 0.237 e. The fraction of sp³-hybridized carbons (Fsp3) is 0.929. The van der Waals surface area contributed by atoms with E-state index in [0.717, 1.165) is 25.8 Å². The van der Waals surface area contributed by atoms with Crippen molar-refractivity contribution in [3.8, 4) is 0 Å². The maximum atomic E-state index is 12.2. The van der Waals surface area contributed by atoms with Gasteiger partial charge < -0.3 is 15.4 Å². The van der Waals surface area contributed by atoms with Crippen molar-refractivity contribution < 1.29 is 9.53 Å². The summed E-state index contributed by atoms with van der Waals surface area (Å²) in [5.74, 6) is 0.831. The van der Waals surface area contributed by atoms with Gasteiger partial charge >= 0.3 is 0 Å². The number of rotatable bonds is 7. The molecule has 1 aliphatic rings. The Morgan fingerprint density at radius 1 is 1.50 bits per heavy atom. The molecule has 106 valence electrons. The number of hydrogen-bond acceptors (Lipinski definition) is 3. The summed E-state index contributed by atoms with van der Waals surface area (Å²) < 4.78 is 5.15. The normalized spacial score (nSPS) is 25.7. The van der Waals surface area contributed by atoms with E-state index in [1.807, 2.05) is 0 Å². The molecule has 3 unspecified atom stereocenters. The molecule has 0 aromatic carbocycles. The monoisotopic (exact) mass is 256 g/mol. The lowest BCUT2D eigenvalue weighted by Crippen LogP contribution is -2.52. The summed E-state index contributed by atoms with van der Waals surface area (Å²) in [7, 11) is 1.68. The SMILES string of the molecule is CCCC(COC)NC(=O)C1CC(CC)CCN1. The van der Waals surface area contributed by atoms with E-state index in [2.05, 4.69) is 24.5 Å². The van der Waals surface area contributed by atoms with Gasteiger partial charge in [0.05, 0.1) is 18.7 Å². The van der Waals surface area contributed by atoms with Crippen molar-refractivity contribution in [2.45, 2.75) is 58.0 Å². The Morgan fingerprint density at radius 2 is 2.28 bits per heavy atom. The van der Waals surface area contributed by atoms with E-state index in [1.54, 1.807) is 7.11 Å². The average molecular weight is 256 g/mol. The fourth-order valence-corrected chi connectivity index (χ4v) is 2.62. The van der Waals surface area contributed by atoms with Crippen LogP contribution in [0.4, 0.5) is 0 Å². The van der Waals surface area contributed by atoms with Crippen molar-refractivity contribution in [3.63, 3.8) is 0 Å². The molecule has 18 heavy (non-hydrogen) atoms. The molecule has 1 fully saturated rings. The predicted molar refractivity (Wildman–Crippen MR) is 73.5 cm³/mol. The summed E-state index contributed by atoms with van der Waals surface area (Å²) in [6.45, 7) is 5.89. The van der Waals surface area contributed by atoms with Crippen LogP contribution < -0.4 is 10.6 Å². The molecule has 0 saturated carbocycles. The molecule has 0 aliphatic carbocycles. The van der Waals surface area contributed by atoms with E-state index in [1.165, 1.54) is 12.8 Å². The second kappa shape index (κ2) is 8.48. The van der Waals surface area contributed by atoms with Crippen molar-refractivity contribution in [2.24, 2.45) is 5.92 Å². The van der Waals surface area contributed by atoms with Crippen LogP contribution in [0.1, 0.15) is 46.0 Å². The highest BCUT2D eigenvalue weighted by Crippen LogP contribution is 2.19. The molecular weight excluding hydrogens is 228 g/mol. The zero-order valence-corrected chi connectivity index (χ0v) is 12.0. The zero-order chi connectivity index (χ0) is 13.4. The van der Waals surface area contributed by atoms with Gasteiger partial charge in [-0.1, -0.05) is 26.7 Å². The van der Waals surface area contributed by atoms with Gasteiger partial charge in [-0.3, -0.25) is 4.79 Å². The summed E-state index contributed by atoms with van der Waals surface area (Å²) in [6, 6.07) is 0.135. The molecule has 2 N–H and O–H groups in total. The third-order valence-electron chi connectivity index (χ3n) is 3.76. The van der Waals surface area contributed by atoms with Crippen molar-refractivity contribution >= 4 is 5.91 Å². The van der Waals surface area contributed by atoms with E-state index < -0.39 is 0 Å². The Morgan fingerprint density at radius 3 is 2.89 bits per heavy atom. The zero-order valence-electron chi connectivity index (χ0n) is 12.0. The van der Waals surface area contributed by atoms with Crippen molar-refractivity contribution in [3.05, 3.63) is 0 Å². The number of hydrogen-bond donors (Lipinski definition) is 2. The van der Waals surface area contributed by atoms with Crippen LogP contribution in [0.3, 0.4) is 0 Å². The number of ether oxygens (including phenoxy) is 1. The Balaban J connectivity index is 2.42. The van der Waals surface area contributed by atoms with Crippen LogP contribution >= 0.6 is 0 Å². The number of piperidine rings is 1. The minimum atomic E-state index is -0.0140. The van der Waals surface area contributed by atoms with Crippen molar-refractivity contribution in [1.82, 2.24) is 10.6 Å². The third kappa shape index (κ3) is 4.94. The van der Waals surface area contributed by atoms with Crippen LogP contribution in [0, 0.1) is 5.92 Å². The van der Waals surface area contributed by atoms with Crippen molar-refractivity contribution in [1.29, 1.82) is 0 Å². The molecule has 4 nitrogen and oxygen atoms in total. The van der Waals surface area contributed by atoms with Crippen LogP contribution in [0.15, 0.2) is 0 Å². The molecule has 1 amide bonds. The minimum Gasteiger partial charge on any atom is -0.383 e. The molecule has 0 aromatic heterocycles. The Kier molecular flexibility index (Phi) is 7.28. The van der Waals surface area contributed by atoms with Gasteiger partial charge in [-0.25, -0.2) is 0 Å². The van der Waals surface area contributed by atoms with Crippen LogP contribution in [0.5, 0.6) is 0 Å². The number of amides is 1. The van der Waals surface area contributed by atoms with E-state index in [0.29, 0.717) is 12.5 Å². The van der Waals surface area contributed by atoms with Crippen LogP contribution in [0.25, 0.3) is 0 Å². The molecule has 1 aliphatic heterocycles. The second-order valence-corrected chi connectivity index (χ2v) is 5.25. The highest BCUT2D eigenvalue weighted by atomic mass is 16.5. The van der Waals surface area contributed by atoms with Crippen LogP contribution in [-0.4, -0.2) is 38.3 Å². The van der Waals surface area contributed by atoms with Crippen molar-refractivity contribution in [2.75, 3.05) is 20.3 Å². The number of carbonyl (C=O) groups is 1. The second-order valence-electron chi connectivity index (χ2n) is 5.25. The van der Waals surface area contributed by atoms with Gasteiger partial charge in [-0.15, -0.1) is 0 Å². The van der Waals surface area contributed by atoms with Gasteiger partial charge in [0.1, 0.15) is 0 Å². The molecule has 1 saturated heterocycles.